The lowest BCUT2D eigenvalue weighted by Gasteiger charge is -2.42. The fraction of sp³-hybridized carbons (Fsp3) is 0.455. The number of esters is 1. The summed E-state index contributed by atoms with van der Waals surface area (Å²) in [7, 11) is 1.21. The minimum absolute atomic E-state index is 0.00379. The number of pyridine rings is 1. The van der Waals surface area contributed by atoms with Crippen LogP contribution in [0.25, 0.3) is 0 Å². The van der Waals surface area contributed by atoms with Crippen LogP contribution in [0.1, 0.15) is 48.9 Å². The van der Waals surface area contributed by atoms with Crippen LogP contribution in [0.4, 0.5) is 13.6 Å². The third-order valence-corrected chi connectivity index (χ3v) is 9.31. The third kappa shape index (κ3) is 7.36. The van der Waals surface area contributed by atoms with Crippen LogP contribution in [0.3, 0.4) is 0 Å². The van der Waals surface area contributed by atoms with Crippen LogP contribution in [0, 0.1) is 5.41 Å². The Morgan fingerprint density at radius 3 is 2.69 bits per heavy atom. The maximum Gasteiger partial charge on any atom is 0.511 e. The first-order valence-corrected chi connectivity index (χ1v) is 16.3. The Morgan fingerprint density at radius 2 is 1.94 bits per heavy atom. The summed E-state index contributed by atoms with van der Waals surface area (Å²) in [5.41, 5.74) is 3.22. The number of nitrogens with one attached hydrogen (secondary N) is 1. The highest BCUT2D eigenvalue weighted by Gasteiger charge is 2.39. The van der Waals surface area contributed by atoms with Gasteiger partial charge in [-0.3, -0.25) is 19.1 Å². The van der Waals surface area contributed by atoms with Crippen molar-refractivity contribution in [2.45, 2.75) is 51.1 Å². The molecule has 0 bridgehead atoms. The summed E-state index contributed by atoms with van der Waals surface area (Å²) >= 11 is 1.40. The quantitative estimate of drug-likeness (QED) is 0.276. The van der Waals surface area contributed by atoms with Crippen molar-refractivity contribution in [2.75, 3.05) is 51.4 Å². The van der Waals surface area contributed by atoms with E-state index in [1.807, 2.05) is 24.3 Å². The number of ether oxygens (including phenoxy) is 5. The van der Waals surface area contributed by atoms with Gasteiger partial charge in [-0.1, -0.05) is 30.7 Å². The molecule has 4 heterocycles. The SMILES string of the molecule is CC/C(F)=C(/F)C1=C(Cc2cc(=O)c(OCOC(=O)OCC(C)(C)C(=O)OC)c3n2N[C@@H]2COCCN2C3=O)Cc2ccccc2SC1. The Labute approximate surface area is 279 Å². The Hall–Kier alpha value is -4.37. The Bertz CT molecular complexity index is 1720. The van der Waals surface area contributed by atoms with Crippen molar-refractivity contribution in [3.63, 3.8) is 0 Å². The normalized spacial score (nSPS) is 18.0. The standard InChI is InChI=1S/C33H37F2N3O9S/c1-5-23(34)27(35)22-16-48-25-9-7-6-8-19(25)12-20(22)13-21-14-24(39)29(28-30(40)37-10-11-44-15-26(37)36-38(21)28)46-18-47-32(42)45-17-33(2,3)31(41)43-4/h6-9,14,26,36H,5,10-13,15-18H2,1-4H3/b27-23-/t26-/m0/s1. The predicted molar refractivity (Wildman–Crippen MR) is 171 cm³/mol. The van der Waals surface area contributed by atoms with E-state index < -0.39 is 53.5 Å². The van der Waals surface area contributed by atoms with Crippen LogP contribution in [0.5, 0.6) is 5.75 Å². The van der Waals surface area contributed by atoms with E-state index in [9.17, 15) is 23.6 Å². The van der Waals surface area contributed by atoms with E-state index in [0.717, 1.165) is 10.5 Å². The van der Waals surface area contributed by atoms with Gasteiger partial charge in [0.2, 0.25) is 18.0 Å². The van der Waals surface area contributed by atoms with Crippen LogP contribution in [0.15, 0.2) is 62.8 Å². The number of carbonyl (C=O) groups excluding carboxylic acids is 3. The molecule has 1 aromatic heterocycles. The summed E-state index contributed by atoms with van der Waals surface area (Å²) in [6.07, 6.45) is -1.57. The maximum absolute atomic E-state index is 15.6. The summed E-state index contributed by atoms with van der Waals surface area (Å²) in [5, 5.41) is 0. The largest absolute Gasteiger partial charge is 0.511 e. The van der Waals surface area contributed by atoms with E-state index in [2.05, 4.69) is 10.2 Å². The zero-order valence-electron chi connectivity index (χ0n) is 27.1. The second kappa shape index (κ2) is 14.8. The van der Waals surface area contributed by atoms with Crippen LogP contribution >= 0.6 is 11.8 Å². The highest BCUT2D eigenvalue weighted by Crippen LogP contribution is 2.38. The first kappa shape index (κ1) is 35.0. The lowest BCUT2D eigenvalue weighted by Crippen LogP contribution is -2.59. The Kier molecular flexibility index (Phi) is 10.8. The van der Waals surface area contributed by atoms with Gasteiger partial charge in [-0.05, 0) is 38.3 Å². The van der Waals surface area contributed by atoms with Crippen LogP contribution in [-0.2, 0) is 36.6 Å². The monoisotopic (exact) mass is 689 g/mol. The van der Waals surface area contributed by atoms with E-state index >= 15 is 4.39 Å². The number of methoxy groups -OCH3 is 1. The predicted octanol–water partition coefficient (Wildman–Crippen LogP) is 4.64. The number of aromatic nitrogens is 1. The van der Waals surface area contributed by atoms with E-state index in [0.29, 0.717) is 17.7 Å². The molecule has 3 aliphatic heterocycles. The minimum Gasteiger partial charge on any atom is -0.469 e. The number of allylic oxidation sites excluding steroid dienone is 3. The third-order valence-electron chi connectivity index (χ3n) is 8.17. The van der Waals surface area contributed by atoms with Gasteiger partial charge in [0.15, 0.2) is 11.5 Å². The zero-order valence-corrected chi connectivity index (χ0v) is 27.9. The number of rotatable bonds is 10. The van der Waals surface area contributed by atoms with Crippen molar-refractivity contribution in [3.8, 4) is 5.75 Å². The molecule has 48 heavy (non-hydrogen) atoms. The molecule has 1 N–H and O–H groups in total. The summed E-state index contributed by atoms with van der Waals surface area (Å²) in [6.45, 7) is 4.13. The number of benzene rings is 1. The molecule has 15 heteroatoms. The molecular formula is C33H37F2N3O9S. The van der Waals surface area contributed by atoms with E-state index in [1.54, 1.807) is 0 Å². The van der Waals surface area contributed by atoms with Crippen molar-refractivity contribution < 1.29 is 46.8 Å². The van der Waals surface area contributed by atoms with Crippen molar-refractivity contribution in [3.05, 3.63) is 80.3 Å². The molecular weight excluding hydrogens is 652 g/mol. The molecule has 0 radical (unpaired) electrons. The van der Waals surface area contributed by atoms with Crippen LogP contribution in [0.2, 0.25) is 0 Å². The Balaban J connectivity index is 1.48. The number of thioether (sulfide) groups is 1. The average molecular weight is 690 g/mol. The van der Waals surface area contributed by atoms with E-state index in [4.69, 9.17) is 18.9 Å². The average Bonchev–Trinajstić information content (AvgIpc) is 3.26. The molecule has 1 fully saturated rings. The molecule has 2 aromatic rings. The van der Waals surface area contributed by atoms with Gasteiger partial charge < -0.3 is 34.0 Å². The van der Waals surface area contributed by atoms with Crippen molar-refractivity contribution in [2.24, 2.45) is 5.41 Å². The molecule has 1 amide bonds. The number of carbonyl (C=O) groups is 3. The van der Waals surface area contributed by atoms with Gasteiger partial charge in [-0.15, -0.1) is 11.8 Å². The molecule has 3 aliphatic rings. The number of halogens is 2. The maximum atomic E-state index is 15.6. The van der Waals surface area contributed by atoms with E-state index in [-0.39, 0.29) is 62.0 Å². The van der Waals surface area contributed by atoms with Gasteiger partial charge in [0.05, 0.1) is 25.7 Å². The smallest absolute Gasteiger partial charge is 0.469 e. The van der Waals surface area contributed by atoms with Crippen molar-refractivity contribution >= 4 is 29.8 Å². The highest BCUT2D eigenvalue weighted by atomic mass is 32.2. The number of amides is 1. The minimum atomic E-state index is -1.17. The molecule has 0 spiro atoms. The second-order valence-electron chi connectivity index (χ2n) is 12.0. The summed E-state index contributed by atoms with van der Waals surface area (Å²) < 4.78 is 57.5. The van der Waals surface area contributed by atoms with Crippen molar-refractivity contribution in [1.82, 2.24) is 9.58 Å². The number of nitrogens with zero attached hydrogens (tertiary/aromatic N) is 2. The Morgan fingerprint density at radius 1 is 1.17 bits per heavy atom. The molecule has 258 valence electrons. The van der Waals surface area contributed by atoms with Gasteiger partial charge in [0.25, 0.3) is 5.91 Å². The zero-order chi connectivity index (χ0) is 34.6. The lowest BCUT2D eigenvalue weighted by molar-refractivity contribution is -0.153. The molecule has 0 aliphatic carbocycles. The lowest BCUT2D eigenvalue weighted by atomic mass is 9.95. The first-order chi connectivity index (χ1) is 22.9. The molecule has 5 rings (SSSR count). The summed E-state index contributed by atoms with van der Waals surface area (Å²) in [4.78, 5) is 54.0. The number of hydrogen-bond acceptors (Lipinski definition) is 11. The van der Waals surface area contributed by atoms with Gasteiger partial charge in [-0.25, -0.2) is 13.6 Å². The van der Waals surface area contributed by atoms with Gasteiger partial charge in [0.1, 0.15) is 18.6 Å². The molecule has 1 saturated heterocycles. The van der Waals surface area contributed by atoms with Crippen LogP contribution in [-0.4, -0.2) is 79.8 Å². The van der Waals surface area contributed by atoms with E-state index in [1.165, 1.54) is 55.3 Å². The number of hydrogen-bond donors (Lipinski definition) is 1. The highest BCUT2D eigenvalue weighted by molar-refractivity contribution is 7.99. The molecule has 0 saturated carbocycles. The second-order valence-corrected chi connectivity index (χ2v) is 13.0. The van der Waals surface area contributed by atoms with Gasteiger partial charge in [-0.2, -0.15) is 0 Å². The van der Waals surface area contributed by atoms with Gasteiger partial charge >= 0.3 is 12.1 Å². The molecule has 12 nitrogen and oxygen atoms in total. The molecule has 1 aromatic carbocycles. The topological polar surface area (TPSA) is 135 Å². The summed E-state index contributed by atoms with van der Waals surface area (Å²) in [6, 6.07) is 8.84. The first-order valence-electron chi connectivity index (χ1n) is 15.4. The number of morpholine rings is 1. The van der Waals surface area contributed by atoms with Gasteiger partial charge in [0, 0.05) is 40.9 Å². The van der Waals surface area contributed by atoms with Crippen molar-refractivity contribution in [1.29, 1.82) is 0 Å². The fourth-order valence-corrected chi connectivity index (χ4v) is 6.68. The molecule has 0 unspecified atom stereocenters. The fourth-order valence-electron chi connectivity index (χ4n) is 5.55. The number of fused-ring (bicyclic) bond motifs is 3. The van der Waals surface area contributed by atoms with Crippen LogP contribution < -0.4 is 15.6 Å². The summed E-state index contributed by atoms with van der Waals surface area (Å²) in [5.74, 6) is -3.13. The molecule has 1 atom stereocenters.